The Kier molecular flexibility index (Phi) is 4.47. The topological polar surface area (TPSA) is 79.4 Å². The summed E-state index contributed by atoms with van der Waals surface area (Å²) in [5.74, 6) is 0.0328. The van der Waals surface area contributed by atoms with Gasteiger partial charge in [-0.1, -0.05) is 13.8 Å². The van der Waals surface area contributed by atoms with Crippen molar-refractivity contribution in [1.29, 1.82) is 0 Å². The summed E-state index contributed by atoms with van der Waals surface area (Å²) >= 11 is 1.43. The van der Waals surface area contributed by atoms with Gasteiger partial charge in [-0.2, -0.15) is 0 Å². The quantitative estimate of drug-likeness (QED) is 0.885. The van der Waals surface area contributed by atoms with Crippen molar-refractivity contribution in [3.05, 3.63) is 39.8 Å². The summed E-state index contributed by atoms with van der Waals surface area (Å²) in [6, 6.07) is 4.92. The summed E-state index contributed by atoms with van der Waals surface area (Å²) in [6.07, 6.45) is 0.353. The molecule has 0 radical (unpaired) electrons. The number of sulfonamides is 1. The van der Waals surface area contributed by atoms with Crippen molar-refractivity contribution in [2.24, 2.45) is 0 Å². The summed E-state index contributed by atoms with van der Waals surface area (Å²) in [4.78, 5) is 18.2. The first kappa shape index (κ1) is 18.0. The number of hydrogen-bond donors (Lipinski definition) is 1. The second-order valence-corrected chi connectivity index (χ2v) is 9.61. The first-order valence-corrected chi connectivity index (χ1v) is 10.3. The van der Waals surface area contributed by atoms with Gasteiger partial charge in [-0.25, -0.2) is 18.1 Å². The third-order valence-electron chi connectivity index (χ3n) is 4.42. The molecule has 1 aliphatic heterocycles. The average molecular weight is 380 g/mol. The Morgan fingerprint density at radius 2 is 2.08 bits per heavy atom. The summed E-state index contributed by atoms with van der Waals surface area (Å²) in [6.45, 7) is 5.95. The molecular weight excluding hydrogens is 358 g/mol. The van der Waals surface area contributed by atoms with E-state index in [0.29, 0.717) is 6.42 Å². The Balaban J connectivity index is 1.91. The van der Waals surface area contributed by atoms with Crippen LogP contribution in [-0.4, -0.2) is 26.4 Å². The molecule has 8 heteroatoms. The van der Waals surface area contributed by atoms with Crippen LogP contribution in [0.1, 0.15) is 36.5 Å². The molecule has 0 aliphatic carbocycles. The number of rotatable bonds is 4. The van der Waals surface area contributed by atoms with Gasteiger partial charge in [0.05, 0.1) is 11.4 Å². The number of hydrogen-bond acceptors (Lipinski definition) is 5. The lowest BCUT2D eigenvalue weighted by Gasteiger charge is -2.37. The highest BCUT2D eigenvalue weighted by molar-refractivity contribution is 7.89. The molecule has 0 saturated heterocycles. The normalized spacial score (nSPS) is 16.8. The highest BCUT2D eigenvalue weighted by Crippen LogP contribution is 2.40. The number of carbonyl (C=O) groups is 1. The fourth-order valence-corrected chi connectivity index (χ4v) is 4.78. The van der Waals surface area contributed by atoms with Gasteiger partial charge in [0.15, 0.2) is 0 Å². The minimum atomic E-state index is -3.65. The van der Waals surface area contributed by atoms with Crippen LogP contribution in [0.4, 0.5) is 5.69 Å². The smallest absolute Gasteiger partial charge is 0.240 e. The van der Waals surface area contributed by atoms with E-state index in [-0.39, 0.29) is 17.3 Å². The summed E-state index contributed by atoms with van der Waals surface area (Å²) in [7, 11) is -1.93. The van der Waals surface area contributed by atoms with E-state index in [0.717, 1.165) is 22.0 Å². The zero-order valence-electron chi connectivity index (χ0n) is 14.7. The Hall–Kier alpha value is -1.77. The van der Waals surface area contributed by atoms with Crippen molar-refractivity contribution in [3.8, 4) is 0 Å². The van der Waals surface area contributed by atoms with Crippen molar-refractivity contribution < 1.29 is 13.2 Å². The highest BCUT2D eigenvalue weighted by Gasteiger charge is 2.36. The van der Waals surface area contributed by atoms with Crippen molar-refractivity contribution in [2.75, 3.05) is 11.9 Å². The molecule has 6 nitrogen and oxygen atoms in total. The van der Waals surface area contributed by atoms with Gasteiger partial charge in [-0.15, -0.1) is 11.3 Å². The van der Waals surface area contributed by atoms with E-state index in [1.54, 1.807) is 30.1 Å². The number of aromatic nitrogens is 1. The van der Waals surface area contributed by atoms with Crippen LogP contribution in [0.5, 0.6) is 0 Å². The van der Waals surface area contributed by atoms with Gasteiger partial charge in [0.25, 0.3) is 0 Å². The maximum absolute atomic E-state index is 12.6. The van der Waals surface area contributed by atoms with E-state index in [4.69, 9.17) is 0 Å². The monoisotopic (exact) mass is 379 g/mol. The van der Waals surface area contributed by atoms with E-state index < -0.39 is 15.4 Å². The van der Waals surface area contributed by atoms with Crippen LogP contribution in [-0.2, 0) is 26.8 Å². The van der Waals surface area contributed by atoms with Crippen molar-refractivity contribution >= 4 is 33.0 Å². The van der Waals surface area contributed by atoms with Crippen molar-refractivity contribution in [2.45, 2.75) is 44.0 Å². The predicted molar refractivity (Wildman–Crippen MR) is 98.4 cm³/mol. The second kappa shape index (κ2) is 6.19. The van der Waals surface area contributed by atoms with E-state index in [1.165, 1.54) is 11.3 Å². The first-order chi connectivity index (χ1) is 11.6. The van der Waals surface area contributed by atoms with Gasteiger partial charge in [-0.05, 0) is 30.7 Å². The van der Waals surface area contributed by atoms with Crippen LogP contribution < -0.4 is 9.62 Å². The van der Waals surface area contributed by atoms with E-state index in [9.17, 15) is 13.2 Å². The molecule has 134 valence electrons. The molecule has 1 N–H and O–H groups in total. The fraction of sp³-hybridized carbons (Fsp3) is 0.412. The SMILES string of the molecule is Cc1csc(CNS(=O)(=O)c2ccc3c(c2)C(C)(C)CC(=O)N3C)n1. The molecule has 3 rings (SSSR count). The molecule has 2 aromatic rings. The minimum absolute atomic E-state index is 0.0328. The standard InChI is InChI=1S/C17H21N3O3S2/c1-11-10-24-15(19-11)9-18-25(22,23)12-5-6-14-13(7-12)17(2,3)8-16(21)20(14)4/h5-7,10,18H,8-9H2,1-4H3. The van der Waals surface area contributed by atoms with Crippen LogP contribution in [0.3, 0.4) is 0 Å². The maximum atomic E-state index is 12.6. The Morgan fingerprint density at radius 3 is 2.72 bits per heavy atom. The highest BCUT2D eigenvalue weighted by atomic mass is 32.2. The lowest BCUT2D eigenvalue weighted by Crippen LogP contribution is -2.39. The maximum Gasteiger partial charge on any atom is 0.240 e. The zero-order chi connectivity index (χ0) is 18.4. The largest absolute Gasteiger partial charge is 0.315 e. The van der Waals surface area contributed by atoms with Gasteiger partial charge in [-0.3, -0.25) is 4.79 Å². The molecule has 0 atom stereocenters. The minimum Gasteiger partial charge on any atom is -0.315 e. The van der Waals surface area contributed by atoms with Crippen molar-refractivity contribution in [3.63, 3.8) is 0 Å². The molecule has 1 aromatic heterocycles. The zero-order valence-corrected chi connectivity index (χ0v) is 16.3. The molecule has 0 spiro atoms. The fourth-order valence-electron chi connectivity index (χ4n) is 2.97. The number of fused-ring (bicyclic) bond motifs is 1. The molecule has 1 aromatic carbocycles. The molecule has 2 heterocycles. The van der Waals surface area contributed by atoms with Gasteiger partial charge in [0.1, 0.15) is 5.01 Å². The second-order valence-electron chi connectivity index (χ2n) is 6.90. The van der Waals surface area contributed by atoms with Crippen LogP contribution in [0.25, 0.3) is 0 Å². The number of carbonyl (C=O) groups excluding carboxylic acids is 1. The van der Waals surface area contributed by atoms with Crippen LogP contribution in [0.15, 0.2) is 28.5 Å². The number of benzene rings is 1. The molecule has 25 heavy (non-hydrogen) atoms. The molecular formula is C17H21N3O3S2. The van der Waals surface area contributed by atoms with Crippen molar-refractivity contribution in [1.82, 2.24) is 9.71 Å². The Labute approximate surface area is 151 Å². The average Bonchev–Trinajstić information content (AvgIpc) is 2.96. The number of anilines is 1. The number of thiazole rings is 1. The van der Waals surface area contributed by atoms with Crippen LogP contribution in [0.2, 0.25) is 0 Å². The van der Waals surface area contributed by atoms with Gasteiger partial charge in [0, 0.05) is 35.6 Å². The Morgan fingerprint density at radius 1 is 1.36 bits per heavy atom. The van der Waals surface area contributed by atoms with Gasteiger partial charge in [0.2, 0.25) is 15.9 Å². The number of nitrogens with zero attached hydrogens (tertiary/aromatic N) is 2. The molecule has 0 fully saturated rings. The van der Waals surface area contributed by atoms with Crippen LogP contribution in [0, 0.1) is 6.92 Å². The van der Waals surface area contributed by atoms with E-state index in [1.807, 2.05) is 26.2 Å². The molecule has 1 amide bonds. The summed E-state index contributed by atoms with van der Waals surface area (Å²) in [5, 5.41) is 2.61. The summed E-state index contributed by atoms with van der Waals surface area (Å²) in [5.41, 5.74) is 2.09. The molecule has 0 unspecified atom stereocenters. The Bertz CT molecular complexity index is 932. The number of nitrogens with one attached hydrogen (secondary N) is 1. The van der Waals surface area contributed by atoms with E-state index >= 15 is 0 Å². The third kappa shape index (κ3) is 3.47. The lowest BCUT2D eigenvalue weighted by molar-refractivity contribution is -0.119. The van der Waals surface area contributed by atoms with Gasteiger partial charge >= 0.3 is 0 Å². The molecule has 1 aliphatic rings. The first-order valence-electron chi connectivity index (χ1n) is 7.92. The summed E-state index contributed by atoms with van der Waals surface area (Å²) < 4.78 is 27.9. The molecule has 0 saturated carbocycles. The predicted octanol–water partition coefficient (Wildman–Crippen LogP) is 2.57. The lowest BCUT2D eigenvalue weighted by atomic mass is 9.77. The molecule has 0 bridgehead atoms. The van der Waals surface area contributed by atoms with E-state index in [2.05, 4.69) is 9.71 Å². The van der Waals surface area contributed by atoms with Gasteiger partial charge < -0.3 is 4.90 Å². The number of aryl methyl sites for hydroxylation is 1. The number of amides is 1. The third-order valence-corrected chi connectivity index (χ3v) is 6.78. The van der Waals surface area contributed by atoms with Crippen LogP contribution >= 0.6 is 11.3 Å².